The van der Waals surface area contributed by atoms with Crippen molar-refractivity contribution in [2.75, 3.05) is 13.2 Å². The standard InChI is InChI=1S/C30H39N5O3/c1-17(2)25-21-12-20(24-14-34(30(8,9)15-37-24)28(36)38-29(5,6)7)10-11-23(21)33-26(25)22-13-35-27(31-16-32-35)19(4)18(22)3/h10-13,16-17,24,33H,14-15H2,1-9H3. The van der Waals surface area contributed by atoms with Gasteiger partial charge in [-0.2, -0.15) is 5.10 Å². The Balaban J connectivity index is 1.56. The van der Waals surface area contributed by atoms with E-state index in [2.05, 4.69) is 67.2 Å². The highest BCUT2D eigenvalue weighted by molar-refractivity contribution is 5.92. The fourth-order valence-corrected chi connectivity index (χ4v) is 5.39. The van der Waals surface area contributed by atoms with Crippen molar-refractivity contribution < 1.29 is 14.3 Å². The van der Waals surface area contributed by atoms with Crippen LogP contribution in [0.25, 0.3) is 27.8 Å². The van der Waals surface area contributed by atoms with Crippen LogP contribution < -0.4 is 0 Å². The largest absolute Gasteiger partial charge is 0.444 e. The predicted molar refractivity (Wildman–Crippen MR) is 150 cm³/mol. The first-order valence-corrected chi connectivity index (χ1v) is 13.3. The van der Waals surface area contributed by atoms with Gasteiger partial charge in [-0.15, -0.1) is 0 Å². The highest BCUT2D eigenvalue weighted by Gasteiger charge is 2.40. The Labute approximate surface area is 224 Å². The number of hydrogen-bond donors (Lipinski definition) is 1. The molecule has 1 aliphatic heterocycles. The molecule has 0 bridgehead atoms. The number of nitrogens with zero attached hydrogens (tertiary/aromatic N) is 4. The first kappa shape index (κ1) is 26.2. The van der Waals surface area contributed by atoms with Crippen LogP contribution in [0.4, 0.5) is 4.79 Å². The van der Waals surface area contributed by atoms with E-state index in [1.807, 2.05) is 44.0 Å². The van der Waals surface area contributed by atoms with Gasteiger partial charge in [-0.1, -0.05) is 19.9 Å². The van der Waals surface area contributed by atoms with E-state index in [-0.39, 0.29) is 18.1 Å². The topological polar surface area (TPSA) is 84.8 Å². The second-order valence-corrected chi connectivity index (χ2v) is 12.4. The molecule has 0 radical (unpaired) electrons. The number of aryl methyl sites for hydroxylation is 1. The van der Waals surface area contributed by atoms with Crippen LogP contribution in [0.5, 0.6) is 0 Å². The van der Waals surface area contributed by atoms with Crippen molar-refractivity contribution in [2.45, 2.75) is 85.5 Å². The summed E-state index contributed by atoms with van der Waals surface area (Å²) in [6, 6.07) is 6.44. The smallest absolute Gasteiger partial charge is 0.410 e. The van der Waals surface area contributed by atoms with Crippen LogP contribution in [-0.2, 0) is 9.47 Å². The highest BCUT2D eigenvalue weighted by Crippen LogP contribution is 2.40. The summed E-state index contributed by atoms with van der Waals surface area (Å²) >= 11 is 0. The number of rotatable bonds is 3. The number of aromatic nitrogens is 4. The van der Waals surface area contributed by atoms with Crippen LogP contribution in [0.15, 0.2) is 30.7 Å². The minimum absolute atomic E-state index is 0.242. The number of fused-ring (bicyclic) bond motifs is 2. The molecule has 8 heteroatoms. The van der Waals surface area contributed by atoms with Crippen molar-refractivity contribution in [1.29, 1.82) is 0 Å². The Hall–Kier alpha value is -3.39. The van der Waals surface area contributed by atoms with Gasteiger partial charge in [-0.05, 0) is 88.8 Å². The SMILES string of the molecule is Cc1c(-c2[nH]c3ccc(C4CN(C(=O)OC(C)(C)C)C(C)(C)CO4)cc3c2C(C)C)cn2ncnc2c1C. The third kappa shape index (κ3) is 4.55. The van der Waals surface area contributed by atoms with E-state index in [0.29, 0.717) is 13.2 Å². The molecule has 202 valence electrons. The van der Waals surface area contributed by atoms with E-state index in [9.17, 15) is 4.79 Å². The molecule has 38 heavy (non-hydrogen) atoms. The number of aromatic amines is 1. The zero-order valence-electron chi connectivity index (χ0n) is 24.0. The Bertz CT molecular complexity index is 1520. The lowest BCUT2D eigenvalue weighted by molar-refractivity contribution is -0.100. The number of carbonyl (C=O) groups is 1. The summed E-state index contributed by atoms with van der Waals surface area (Å²) in [7, 11) is 0. The van der Waals surface area contributed by atoms with Gasteiger partial charge in [0.1, 0.15) is 18.0 Å². The molecule has 1 unspecified atom stereocenters. The molecule has 8 nitrogen and oxygen atoms in total. The molecule has 1 aromatic carbocycles. The molecule has 0 spiro atoms. The maximum Gasteiger partial charge on any atom is 0.410 e. The molecule has 1 N–H and O–H groups in total. The lowest BCUT2D eigenvalue weighted by atomic mass is 9.92. The van der Waals surface area contributed by atoms with Gasteiger partial charge in [-0.3, -0.25) is 4.90 Å². The summed E-state index contributed by atoms with van der Waals surface area (Å²) < 4.78 is 13.9. The molecule has 0 aliphatic carbocycles. The molecule has 1 fully saturated rings. The van der Waals surface area contributed by atoms with Gasteiger partial charge in [0.25, 0.3) is 0 Å². The summed E-state index contributed by atoms with van der Waals surface area (Å²) in [5.41, 5.74) is 7.77. The summed E-state index contributed by atoms with van der Waals surface area (Å²) in [6.45, 7) is 19.3. The fourth-order valence-electron chi connectivity index (χ4n) is 5.39. The van der Waals surface area contributed by atoms with Crippen molar-refractivity contribution in [3.05, 3.63) is 53.0 Å². The van der Waals surface area contributed by atoms with E-state index < -0.39 is 11.1 Å². The summed E-state index contributed by atoms with van der Waals surface area (Å²) in [5, 5.41) is 5.57. The average molecular weight is 518 g/mol. The molecular formula is C30H39N5O3. The number of benzene rings is 1. The summed E-state index contributed by atoms with van der Waals surface area (Å²) in [6.07, 6.45) is 3.11. The molecular weight excluding hydrogens is 478 g/mol. The molecule has 1 atom stereocenters. The van der Waals surface area contributed by atoms with Crippen LogP contribution in [0.2, 0.25) is 0 Å². The normalized spacial score (nSPS) is 18.1. The average Bonchev–Trinajstić information content (AvgIpc) is 3.44. The van der Waals surface area contributed by atoms with Crippen LogP contribution in [-0.4, -0.2) is 54.9 Å². The Morgan fingerprint density at radius 1 is 1.21 bits per heavy atom. The van der Waals surface area contributed by atoms with Crippen molar-refractivity contribution >= 4 is 22.6 Å². The van der Waals surface area contributed by atoms with E-state index in [1.54, 1.807) is 6.33 Å². The molecule has 5 rings (SSSR count). The van der Waals surface area contributed by atoms with E-state index in [1.165, 1.54) is 16.5 Å². The lowest BCUT2D eigenvalue weighted by Crippen LogP contribution is -2.57. The van der Waals surface area contributed by atoms with Gasteiger partial charge in [-0.25, -0.2) is 14.3 Å². The van der Waals surface area contributed by atoms with Gasteiger partial charge in [0, 0.05) is 22.7 Å². The van der Waals surface area contributed by atoms with Crippen molar-refractivity contribution in [2.24, 2.45) is 0 Å². The van der Waals surface area contributed by atoms with Crippen LogP contribution >= 0.6 is 0 Å². The maximum absolute atomic E-state index is 13.1. The molecule has 4 aromatic rings. The number of carbonyl (C=O) groups excluding carboxylic acids is 1. The van der Waals surface area contributed by atoms with E-state index >= 15 is 0 Å². The Morgan fingerprint density at radius 2 is 1.95 bits per heavy atom. The Morgan fingerprint density at radius 3 is 2.63 bits per heavy atom. The lowest BCUT2D eigenvalue weighted by Gasteiger charge is -2.45. The monoisotopic (exact) mass is 517 g/mol. The van der Waals surface area contributed by atoms with Crippen molar-refractivity contribution in [1.82, 2.24) is 24.5 Å². The van der Waals surface area contributed by atoms with Crippen LogP contribution in [0, 0.1) is 13.8 Å². The van der Waals surface area contributed by atoms with E-state index in [4.69, 9.17) is 9.47 Å². The quantitative estimate of drug-likeness (QED) is 0.327. The first-order valence-electron chi connectivity index (χ1n) is 13.3. The third-order valence-corrected chi connectivity index (χ3v) is 7.54. The van der Waals surface area contributed by atoms with Crippen molar-refractivity contribution in [3.63, 3.8) is 0 Å². The number of pyridine rings is 1. The minimum Gasteiger partial charge on any atom is -0.444 e. The molecule has 1 saturated heterocycles. The zero-order valence-corrected chi connectivity index (χ0v) is 24.0. The number of morpholine rings is 1. The van der Waals surface area contributed by atoms with E-state index in [0.717, 1.165) is 33.5 Å². The van der Waals surface area contributed by atoms with Crippen molar-refractivity contribution in [3.8, 4) is 11.3 Å². The van der Waals surface area contributed by atoms with Gasteiger partial charge < -0.3 is 14.5 Å². The molecule has 1 aliphatic rings. The number of hydrogen-bond acceptors (Lipinski definition) is 5. The zero-order chi connectivity index (χ0) is 27.6. The number of H-pyrrole nitrogens is 1. The highest BCUT2D eigenvalue weighted by atomic mass is 16.6. The van der Waals surface area contributed by atoms with Gasteiger partial charge >= 0.3 is 6.09 Å². The van der Waals surface area contributed by atoms with Gasteiger partial charge in [0.05, 0.1) is 24.4 Å². The maximum atomic E-state index is 13.1. The fraction of sp³-hybridized carbons (Fsp3) is 0.500. The third-order valence-electron chi connectivity index (χ3n) is 7.54. The second kappa shape index (κ2) is 9.12. The molecule has 4 heterocycles. The van der Waals surface area contributed by atoms with Crippen LogP contribution in [0.3, 0.4) is 0 Å². The number of ether oxygens (including phenoxy) is 2. The summed E-state index contributed by atoms with van der Waals surface area (Å²) in [4.78, 5) is 23.0. The first-order chi connectivity index (χ1) is 17.8. The van der Waals surface area contributed by atoms with Crippen LogP contribution in [0.1, 0.15) is 82.7 Å². The number of nitrogens with one attached hydrogen (secondary N) is 1. The van der Waals surface area contributed by atoms with Gasteiger partial charge in [0.15, 0.2) is 5.65 Å². The molecule has 0 saturated carbocycles. The summed E-state index contributed by atoms with van der Waals surface area (Å²) in [5.74, 6) is 0.282. The predicted octanol–water partition coefficient (Wildman–Crippen LogP) is 6.70. The van der Waals surface area contributed by atoms with Gasteiger partial charge in [0.2, 0.25) is 0 Å². The second-order valence-electron chi connectivity index (χ2n) is 12.4. The Kier molecular flexibility index (Phi) is 6.29. The number of amides is 1. The minimum atomic E-state index is -0.556. The molecule has 3 aromatic heterocycles. The molecule has 1 amide bonds.